The molecule has 1 N–H and O–H groups in total. The van der Waals surface area contributed by atoms with E-state index in [0.717, 1.165) is 22.3 Å². The van der Waals surface area contributed by atoms with Crippen molar-refractivity contribution in [2.45, 2.75) is 46.7 Å². The predicted molar refractivity (Wildman–Crippen MR) is 147 cm³/mol. The van der Waals surface area contributed by atoms with Gasteiger partial charge in [-0.1, -0.05) is 68.4 Å². The summed E-state index contributed by atoms with van der Waals surface area (Å²) in [5.41, 5.74) is 3.85. The van der Waals surface area contributed by atoms with Crippen LogP contribution in [0.1, 0.15) is 36.1 Å². The largest absolute Gasteiger partial charge is 0.497 e. The molecule has 0 aliphatic carbocycles. The molecule has 0 saturated heterocycles. The van der Waals surface area contributed by atoms with E-state index in [9.17, 15) is 9.59 Å². The Morgan fingerprint density at radius 1 is 0.919 bits per heavy atom. The third-order valence-corrected chi connectivity index (χ3v) is 6.14. The summed E-state index contributed by atoms with van der Waals surface area (Å²) in [6, 6.07) is 22.5. The first-order chi connectivity index (χ1) is 17.8. The van der Waals surface area contributed by atoms with Crippen LogP contribution in [0.4, 0.5) is 0 Å². The molecule has 0 radical (unpaired) electrons. The Labute approximate surface area is 220 Å². The Kier molecular flexibility index (Phi) is 10.1. The molecule has 3 rings (SSSR count). The van der Waals surface area contributed by atoms with E-state index >= 15 is 0 Å². The van der Waals surface area contributed by atoms with E-state index < -0.39 is 6.04 Å². The van der Waals surface area contributed by atoms with E-state index in [2.05, 4.69) is 5.32 Å². The number of hydrogen-bond donors (Lipinski definition) is 1. The van der Waals surface area contributed by atoms with Crippen molar-refractivity contribution in [2.24, 2.45) is 5.92 Å². The zero-order valence-electron chi connectivity index (χ0n) is 22.5. The number of benzene rings is 3. The van der Waals surface area contributed by atoms with Gasteiger partial charge in [-0.2, -0.15) is 0 Å². The zero-order chi connectivity index (χ0) is 26.8. The van der Waals surface area contributed by atoms with E-state index in [0.29, 0.717) is 24.5 Å². The SMILES string of the molecule is COc1cccc(CN(C(=O)COc2cc(C)ccc2C)C(Cc2ccccc2)C(=O)NCC(C)C)c1. The normalized spacial score (nSPS) is 11.6. The zero-order valence-corrected chi connectivity index (χ0v) is 22.5. The van der Waals surface area contributed by atoms with Gasteiger partial charge in [-0.15, -0.1) is 0 Å². The topological polar surface area (TPSA) is 67.9 Å². The highest BCUT2D eigenvalue weighted by molar-refractivity contribution is 5.88. The third kappa shape index (κ3) is 8.38. The minimum Gasteiger partial charge on any atom is -0.497 e. The number of carbonyl (C=O) groups excluding carboxylic acids is 2. The molecule has 196 valence electrons. The molecule has 0 bridgehead atoms. The number of ether oxygens (including phenoxy) is 2. The van der Waals surface area contributed by atoms with E-state index in [4.69, 9.17) is 9.47 Å². The lowest BCUT2D eigenvalue weighted by Gasteiger charge is -2.32. The van der Waals surface area contributed by atoms with Crippen molar-refractivity contribution < 1.29 is 19.1 Å². The summed E-state index contributed by atoms with van der Waals surface area (Å²) in [6.07, 6.45) is 0.393. The maximum absolute atomic E-state index is 13.7. The average molecular weight is 503 g/mol. The minimum atomic E-state index is -0.706. The summed E-state index contributed by atoms with van der Waals surface area (Å²) >= 11 is 0. The first-order valence-corrected chi connectivity index (χ1v) is 12.7. The summed E-state index contributed by atoms with van der Waals surface area (Å²) in [7, 11) is 1.61. The molecule has 0 aliphatic rings. The molecule has 6 heteroatoms. The molecule has 2 amide bonds. The van der Waals surface area contributed by atoms with E-state index in [1.54, 1.807) is 12.0 Å². The Hall–Kier alpha value is -3.80. The van der Waals surface area contributed by atoms with Crippen LogP contribution in [0.15, 0.2) is 72.8 Å². The number of nitrogens with one attached hydrogen (secondary N) is 1. The number of nitrogens with zero attached hydrogens (tertiary/aromatic N) is 1. The summed E-state index contributed by atoms with van der Waals surface area (Å²) in [4.78, 5) is 28.9. The van der Waals surface area contributed by atoms with E-state index in [1.807, 2.05) is 100 Å². The Morgan fingerprint density at radius 2 is 1.65 bits per heavy atom. The van der Waals surface area contributed by atoms with Crippen LogP contribution >= 0.6 is 0 Å². The second-order valence-corrected chi connectivity index (χ2v) is 9.78. The Morgan fingerprint density at radius 3 is 2.35 bits per heavy atom. The minimum absolute atomic E-state index is 0.170. The van der Waals surface area contributed by atoms with E-state index in [-0.39, 0.29) is 30.9 Å². The van der Waals surface area contributed by atoms with Gasteiger partial charge in [0, 0.05) is 19.5 Å². The van der Waals surface area contributed by atoms with Crippen LogP contribution in [0.5, 0.6) is 11.5 Å². The van der Waals surface area contributed by atoms with E-state index in [1.165, 1.54) is 0 Å². The van der Waals surface area contributed by atoms with Gasteiger partial charge in [0.05, 0.1) is 7.11 Å². The molecule has 0 aliphatic heterocycles. The number of aryl methyl sites for hydroxylation is 2. The van der Waals surface area contributed by atoms with Gasteiger partial charge in [0.25, 0.3) is 5.91 Å². The third-order valence-electron chi connectivity index (χ3n) is 6.14. The first-order valence-electron chi connectivity index (χ1n) is 12.7. The van der Waals surface area contributed by atoms with Crippen molar-refractivity contribution in [2.75, 3.05) is 20.3 Å². The van der Waals surface area contributed by atoms with Gasteiger partial charge in [0.2, 0.25) is 5.91 Å². The lowest BCUT2D eigenvalue weighted by Crippen LogP contribution is -2.52. The molecule has 0 heterocycles. The number of carbonyl (C=O) groups is 2. The van der Waals surface area contributed by atoms with Crippen LogP contribution in [0.3, 0.4) is 0 Å². The summed E-state index contributed by atoms with van der Waals surface area (Å²) in [5.74, 6) is 1.21. The van der Waals surface area contributed by atoms with Crippen LogP contribution < -0.4 is 14.8 Å². The van der Waals surface area contributed by atoms with Crippen molar-refractivity contribution in [3.63, 3.8) is 0 Å². The molecule has 1 unspecified atom stereocenters. The number of methoxy groups -OCH3 is 1. The highest BCUT2D eigenvalue weighted by atomic mass is 16.5. The molecule has 0 fully saturated rings. The molecule has 3 aromatic carbocycles. The lowest BCUT2D eigenvalue weighted by atomic mass is 10.0. The van der Waals surface area contributed by atoms with Gasteiger partial charge in [-0.05, 0) is 60.2 Å². The highest BCUT2D eigenvalue weighted by Gasteiger charge is 2.31. The van der Waals surface area contributed by atoms with Gasteiger partial charge < -0.3 is 19.7 Å². The van der Waals surface area contributed by atoms with Gasteiger partial charge >= 0.3 is 0 Å². The van der Waals surface area contributed by atoms with Gasteiger partial charge in [0.15, 0.2) is 6.61 Å². The number of amides is 2. The fourth-order valence-corrected chi connectivity index (χ4v) is 4.03. The fraction of sp³-hybridized carbons (Fsp3) is 0.355. The summed E-state index contributed by atoms with van der Waals surface area (Å²) in [5, 5.41) is 3.04. The maximum Gasteiger partial charge on any atom is 0.261 e. The van der Waals surface area contributed by atoms with Crippen LogP contribution in [-0.2, 0) is 22.6 Å². The molecule has 0 aromatic heterocycles. The standard InChI is InChI=1S/C31H38N2O4/c1-22(2)19-32-31(35)28(18-25-10-7-6-8-11-25)33(20-26-12-9-13-27(17-26)36-5)30(34)21-37-29-16-23(3)14-15-24(29)4/h6-17,22,28H,18-21H2,1-5H3,(H,32,35). The number of hydrogen-bond acceptors (Lipinski definition) is 4. The Balaban J connectivity index is 1.93. The fourth-order valence-electron chi connectivity index (χ4n) is 4.03. The average Bonchev–Trinajstić information content (AvgIpc) is 2.90. The van der Waals surface area contributed by atoms with Crippen molar-refractivity contribution in [1.82, 2.24) is 10.2 Å². The molecule has 6 nitrogen and oxygen atoms in total. The quantitative estimate of drug-likeness (QED) is 0.374. The molecular weight excluding hydrogens is 464 g/mol. The van der Waals surface area contributed by atoms with Gasteiger partial charge in [-0.3, -0.25) is 9.59 Å². The summed E-state index contributed by atoms with van der Waals surface area (Å²) < 4.78 is 11.4. The number of rotatable bonds is 12. The lowest BCUT2D eigenvalue weighted by molar-refractivity contribution is -0.142. The van der Waals surface area contributed by atoms with Crippen LogP contribution in [0, 0.1) is 19.8 Å². The molecule has 0 spiro atoms. The van der Waals surface area contributed by atoms with Gasteiger partial charge in [-0.25, -0.2) is 0 Å². The maximum atomic E-state index is 13.7. The smallest absolute Gasteiger partial charge is 0.261 e. The molecule has 3 aromatic rings. The summed E-state index contributed by atoms with van der Waals surface area (Å²) in [6.45, 7) is 8.64. The molecule has 37 heavy (non-hydrogen) atoms. The first kappa shape index (κ1) is 27.8. The second kappa shape index (κ2) is 13.5. The monoisotopic (exact) mass is 502 g/mol. The second-order valence-electron chi connectivity index (χ2n) is 9.78. The molecular formula is C31H38N2O4. The van der Waals surface area contributed by atoms with Crippen molar-refractivity contribution in [1.29, 1.82) is 0 Å². The van der Waals surface area contributed by atoms with Crippen LogP contribution in [0.25, 0.3) is 0 Å². The molecule has 1 atom stereocenters. The van der Waals surface area contributed by atoms with Crippen molar-refractivity contribution in [3.05, 3.63) is 95.1 Å². The van der Waals surface area contributed by atoms with Crippen LogP contribution in [0.2, 0.25) is 0 Å². The molecule has 0 saturated carbocycles. The highest BCUT2D eigenvalue weighted by Crippen LogP contribution is 2.21. The van der Waals surface area contributed by atoms with Crippen molar-refractivity contribution in [3.8, 4) is 11.5 Å². The van der Waals surface area contributed by atoms with Crippen molar-refractivity contribution >= 4 is 11.8 Å². The Bertz CT molecular complexity index is 1180. The van der Waals surface area contributed by atoms with Gasteiger partial charge in [0.1, 0.15) is 17.5 Å². The predicted octanol–water partition coefficient (Wildman–Crippen LogP) is 5.10. The van der Waals surface area contributed by atoms with Crippen LogP contribution in [-0.4, -0.2) is 43.0 Å².